The highest BCUT2D eigenvalue weighted by molar-refractivity contribution is 14.1. The van der Waals surface area contributed by atoms with Crippen molar-refractivity contribution in [1.82, 2.24) is 4.90 Å². The van der Waals surface area contributed by atoms with Crippen LogP contribution < -0.4 is 0 Å². The van der Waals surface area contributed by atoms with E-state index in [4.69, 9.17) is 15.0 Å². The molecule has 9 heteroatoms. The van der Waals surface area contributed by atoms with Gasteiger partial charge in [0.15, 0.2) is 0 Å². The zero-order valence-corrected chi connectivity index (χ0v) is 20.4. The smallest absolute Gasteiger partial charge is 0.338 e. The zero-order chi connectivity index (χ0) is 23.4. The second kappa shape index (κ2) is 10.5. The molecule has 33 heavy (non-hydrogen) atoms. The predicted octanol–water partition coefficient (Wildman–Crippen LogP) is 5.03. The van der Waals surface area contributed by atoms with Crippen LogP contribution in [-0.4, -0.2) is 48.7 Å². The van der Waals surface area contributed by atoms with Crippen LogP contribution in [0.5, 0.6) is 0 Å². The van der Waals surface area contributed by atoms with Gasteiger partial charge in [-0.15, -0.1) is 0 Å². The number of rotatable bonds is 7. The largest absolute Gasteiger partial charge is 0.469 e. The van der Waals surface area contributed by atoms with Gasteiger partial charge in [0, 0.05) is 33.5 Å². The highest BCUT2D eigenvalue weighted by Crippen LogP contribution is 2.41. The van der Waals surface area contributed by atoms with E-state index in [1.165, 1.54) is 7.11 Å². The molecule has 2 fully saturated rings. The maximum absolute atomic E-state index is 12.8. The van der Waals surface area contributed by atoms with Crippen LogP contribution in [0.25, 0.3) is 10.4 Å². The number of piperidine rings is 1. The topological polar surface area (TPSA) is 105 Å². The Morgan fingerprint density at radius 2 is 2.00 bits per heavy atom. The van der Waals surface area contributed by atoms with Crippen LogP contribution in [0.3, 0.4) is 0 Å². The molecule has 0 spiro atoms. The highest BCUT2D eigenvalue weighted by Gasteiger charge is 2.52. The molecule has 2 aromatic rings. The summed E-state index contributed by atoms with van der Waals surface area (Å²) in [6.45, 7) is 0.791. The van der Waals surface area contributed by atoms with Crippen LogP contribution in [0.4, 0.5) is 5.69 Å². The number of benzene rings is 2. The molecular weight excluding hydrogens is 535 g/mol. The molecule has 0 amide bonds. The summed E-state index contributed by atoms with van der Waals surface area (Å²) in [7, 11) is 1.39. The fourth-order valence-corrected chi connectivity index (χ4v) is 5.74. The standard InChI is InChI=1S/C24H25IN4O4/c1-32-24(31)22-20-10-8-17(14-21(22)33-23(30)16-5-3-2-4-6-16)29(20)12-11-15-7-9-19(27-28-26)18(25)13-15/h2-7,9,13,17,20-22H,8,10-12,14H2,1H3/t17-,20+,21-,22+/m0/s1. The predicted molar refractivity (Wildman–Crippen MR) is 131 cm³/mol. The van der Waals surface area contributed by atoms with E-state index < -0.39 is 18.0 Å². The van der Waals surface area contributed by atoms with Gasteiger partial charge in [0.25, 0.3) is 0 Å². The third-order valence-corrected chi connectivity index (χ3v) is 7.44. The summed E-state index contributed by atoms with van der Waals surface area (Å²) < 4.78 is 11.9. The lowest BCUT2D eigenvalue weighted by Crippen LogP contribution is -2.55. The van der Waals surface area contributed by atoms with E-state index in [1.807, 2.05) is 24.3 Å². The molecule has 2 saturated heterocycles. The number of hydrogen-bond donors (Lipinski definition) is 0. The Balaban J connectivity index is 1.48. The SMILES string of the molecule is COC(=O)[C@H]1[C@@H](OC(=O)c2ccccc2)C[C@@H]2CC[C@H]1N2CCc1ccc(N=[N+]=[N-])c(I)c1. The van der Waals surface area contributed by atoms with Gasteiger partial charge in [-0.1, -0.05) is 35.4 Å². The van der Waals surface area contributed by atoms with Crippen molar-refractivity contribution in [2.75, 3.05) is 13.7 Å². The van der Waals surface area contributed by atoms with Crippen molar-refractivity contribution in [3.05, 3.63) is 73.7 Å². The van der Waals surface area contributed by atoms with Crippen molar-refractivity contribution in [3.63, 3.8) is 0 Å². The van der Waals surface area contributed by atoms with Gasteiger partial charge in [-0.3, -0.25) is 9.69 Å². The molecule has 0 saturated carbocycles. The number of fused-ring (bicyclic) bond motifs is 2. The fourth-order valence-electron chi connectivity index (χ4n) is 5.06. The van der Waals surface area contributed by atoms with E-state index in [0.29, 0.717) is 17.7 Å². The van der Waals surface area contributed by atoms with Crippen LogP contribution >= 0.6 is 22.6 Å². The summed E-state index contributed by atoms with van der Waals surface area (Å²) in [5.41, 5.74) is 10.9. The molecule has 2 aromatic carbocycles. The number of hydrogen-bond acceptors (Lipinski definition) is 6. The third kappa shape index (κ3) is 5.15. The Morgan fingerprint density at radius 1 is 1.21 bits per heavy atom. The molecule has 0 radical (unpaired) electrons. The van der Waals surface area contributed by atoms with Crippen LogP contribution in [0.2, 0.25) is 0 Å². The van der Waals surface area contributed by atoms with Crippen molar-refractivity contribution >= 4 is 40.2 Å². The van der Waals surface area contributed by atoms with E-state index in [2.05, 4.69) is 37.5 Å². The third-order valence-electron chi connectivity index (χ3n) is 6.57. The number of methoxy groups -OCH3 is 1. The van der Waals surface area contributed by atoms with Crippen molar-refractivity contribution < 1.29 is 19.1 Å². The van der Waals surface area contributed by atoms with Crippen molar-refractivity contribution in [2.45, 2.75) is 43.9 Å². The summed E-state index contributed by atoms with van der Waals surface area (Å²) in [6.07, 6.45) is 2.76. The number of azide groups is 1. The average molecular weight is 560 g/mol. The molecule has 4 rings (SSSR count). The quantitative estimate of drug-likeness (QED) is 0.155. The normalized spacial score (nSPS) is 24.1. The lowest BCUT2D eigenvalue weighted by molar-refractivity contribution is -0.156. The first-order valence-corrected chi connectivity index (χ1v) is 12.0. The van der Waals surface area contributed by atoms with Crippen LogP contribution in [0, 0.1) is 9.49 Å². The van der Waals surface area contributed by atoms with E-state index in [9.17, 15) is 9.59 Å². The summed E-state index contributed by atoms with van der Waals surface area (Å²) in [5, 5.41) is 3.69. The van der Waals surface area contributed by atoms with Crippen LogP contribution in [-0.2, 0) is 20.7 Å². The number of carbonyl (C=O) groups excluding carboxylic acids is 2. The first-order valence-electron chi connectivity index (χ1n) is 10.9. The number of nitrogens with zero attached hydrogens (tertiary/aromatic N) is 4. The molecular formula is C24H25IN4O4. The molecule has 0 unspecified atom stereocenters. The minimum absolute atomic E-state index is 0.0219. The molecule has 0 aromatic heterocycles. The number of ether oxygens (including phenoxy) is 2. The van der Waals surface area contributed by atoms with E-state index >= 15 is 0 Å². The molecule has 2 aliphatic rings. The van der Waals surface area contributed by atoms with Gasteiger partial charge >= 0.3 is 11.9 Å². The average Bonchev–Trinajstić information content (AvgIpc) is 3.11. The molecule has 2 bridgehead atoms. The van der Waals surface area contributed by atoms with Gasteiger partial charge < -0.3 is 9.47 Å². The minimum Gasteiger partial charge on any atom is -0.469 e. The number of esters is 2. The summed E-state index contributed by atoms with van der Waals surface area (Å²) in [6, 6.07) is 14.9. The monoisotopic (exact) mass is 560 g/mol. The van der Waals surface area contributed by atoms with Gasteiger partial charge in [-0.25, -0.2) is 4.79 Å². The van der Waals surface area contributed by atoms with Crippen molar-refractivity contribution in [3.8, 4) is 0 Å². The van der Waals surface area contributed by atoms with Gasteiger partial charge in [0.05, 0.1) is 18.4 Å². The lowest BCUT2D eigenvalue weighted by atomic mass is 9.86. The van der Waals surface area contributed by atoms with E-state index in [-0.39, 0.29) is 18.1 Å². The molecule has 2 aliphatic heterocycles. The fraction of sp³-hybridized carbons (Fsp3) is 0.417. The minimum atomic E-state index is -0.506. The molecule has 4 atom stereocenters. The number of carbonyl (C=O) groups is 2. The maximum Gasteiger partial charge on any atom is 0.338 e. The van der Waals surface area contributed by atoms with Crippen molar-refractivity contribution in [1.29, 1.82) is 0 Å². The van der Waals surface area contributed by atoms with E-state index in [1.54, 1.807) is 24.3 Å². The Kier molecular flexibility index (Phi) is 7.52. The van der Waals surface area contributed by atoms with Gasteiger partial charge in [0.1, 0.15) is 12.0 Å². The van der Waals surface area contributed by atoms with Gasteiger partial charge in [-0.2, -0.15) is 0 Å². The Labute approximate surface area is 206 Å². The molecule has 0 N–H and O–H groups in total. The molecule has 172 valence electrons. The first kappa shape index (κ1) is 23.5. The Morgan fingerprint density at radius 3 is 2.70 bits per heavy atom. The van der Waals surface area contributed by atoms with E-state index in [0.717, 1.165) is 34.9 Å². The summed E-state index contributed by atoms with van der Waals surface area (Å²) in [4.78, 5) is 30.7. The van der Waals surface area contributed by atoms with Gasteiger partial charge in [0.2, 0.25) is 0 Å². The van der Waals surface area contributed by atoms with Crippen LogP contribution in [0.15, 0.2) is 53.6 Å². The second-order valence-electron chi connectivity index (χ2n) is 8.36. The molecule has 0 aliphatic carbocycles. The van der Waals surface area contributed by atoms with Crippen LogP contribution in [0.1, 0.15) is 35.2 Å². The zero-order valence-electron chi connectivity index (χ0n) is 18.3. The molecule has 2 heterocycles. The summed E-state index contributed by atoms with van der Waals surface area (Å²) >= 11 is 2.17. The Bertz CT molecular complexity index is 1070. The van der Waals surface area contributed by atoms with Crippen molar-refractivity contribution in [2.24, 2.45) is 11.0 Å². The highest BCUT2D eigenvalue weighted by atomic mass is 127. The molecule has 8 nitrogen and oxygen atoms in total. The second-order valence-corrected chi connectivity index (χ2v) is 9.52. The number of halogens is 1. The summed E-state index contributed by atoms with van der Waals surface area (Å²) in [5.74, 6) is -1.24. The lowest BCUT2D eigenvalue weighted by Gasteiger charge is -2.42. The maximum atomic E-state index is 12.8. The van der Waals surface area contributed by atoms with Gasteiger partial charge in [-0.05, 0) is 71.1 Å². The first-order chi connectivity index (χ1) is 16.0. The Hall–Kier alpha value is -2.62.